The van der Waals surface area contributed by atoms with Crippen LogP contribution in [0.2, 0.25) is 0 Å². The largest absolute Gasteiger partial charge is 0.386 e. The lowest BCUT2D eigenvalue weighted by Gasteiger charge is -2.17. The van der Waals surface area contributed by atoms with Crippen molar-refractivity contribution in [1.29, 1.82) is 0 Å². The van der Waals surface area contributed by atoms with Crippen LogP contribution in [-0.2, 0) is 9.59 Å². The monoisotopic (exact) mass is 342 g/mol. The van der Waals surface area contributed by atoms with Crippen LogP contribution < -0.4 is 10.6 Å². The Balaban J connectivity index is 2.33. The highest BCUT2D eigenvalue weighted by molar-refractivity contribution is 5.81. The molecule has 0 fully saturated rings. The molecule has 0 aromatic heterocycles. The molecule has 134 valence electrons. The summed E-state index contributed by atoms with van der Waals surface area (Å²) >= 11 is 0. The van der Waals surface area contributed by atoms with Crippen LogP contribution in [0.25, 0.3) is 0 Å². The number of nitrogens with one attached hydrogen (secondary N) is 2. The van der Waals surface area contributed by atoms with Gasteiger partial charge in [0.05, 0.1) is 5.56 Å². The Labute approximate surface area is 140 Å². The van der Waals surface area contributed by atoms with Crippen molar-refractivity contribution in [3.05, 3.63) is 35.4 Å². The first-order chi connectivity index (χ1) is 11.1. The fourth-order valence-corrected chi connectivity index (χ4v) is 1.95. The maximum absolute atomic E-state index is 13.5. The summed E-state index contributed by atoms with van der Waals surface area (Å²) in [5, 5.41) is 14.9. The van der Waals surface area contributed by atoms with Gasteiger partial charge in [-0.3, -0.25) is 9.59 Å². The quantitative estimate of drug-likeness (QED) is 0.664. The molecule has 0 spiro atoms. The van der Waals surface area contributed by atoms with Crippen LogP contribution in [-0.4, -0.2) is 30.0 Å². The van der Waals surface area contributed by atoms with Gasteiger partial charge in [-0.05, 0) is 18.6 Å². The molecule has 1 atom stereocenters. The van der Waals surface area contributed by atoms with Gasteiger partial charge < -0.3 is 15.7 Å². The molecule has 1 aromatic carbocycles. The first kappa shape index (κ1) is 20.0. The molecule has 0 heterocycles. The van der Waals surface area contributed by atoms with Crippen LogP contribution in [0.5, 0.6) is 0 Å². The van der Waals surface area contributed by atoms with Crippen molar-refractivity contribution in [3.8, 4) is 0 Å². The van der Waals surface area contributed by atoms with Gasteiger partial charge in [0.15, 0.2) is 0 Å². The van der Waals surface area contributed by atoms with Gasteiger partial charge in [0, 0.05) is 24.9 Å². The Morgan fingerprint density at radius 1 is 1.17 bits per heavy atom. The van der Waals surface area contributed by atoms with Crippen molar-refractivity contribution in [3.63, 3.8) is 0 Å². The van der Waals surface area contributed by atoms with Crippen LogP contribution in [0.3, 0.4) is 0 Å². The van der Waals surface area contributed by atoms with Crippen molar-refractivity contribution in [2.45, 2.75) is 39.7 Å². The minimum atomic E-state index is -1.46. The molecule has 0 aliphatic carbocycles. The van der Waals surface area contributed by atoms with E-state index in [0.717, 1.165) is 12.1 Å². The zero-order chi connectivity index (χ0) is 18.3. The zero-order valence-electron chi connectivity index (χ0n) is 14.2. The number of aliphatic hydroxyl groups excluding tert-OH is 1. The molecule has 1 unspecified atom stereocenters. The van der Waals surface area contributed by atoms with Crippen LogP contribution >= 0.6 is 0 Å². The van der Waals surface area contributed by atoms with Crippen LogP contribution in [0.1, 0.15) is 45.3 Å². The van der Waals surface area contributed by atoms with E-state index >= 15 is 0 Å². The molecule has 24 heavy (non-hydrogen) atoms. The SMILES string of the molecule is CC(C)(C)C(=O)NCCCC(=O)NCC(O)c1c(F)cccc1F. The standard InChI is InChI=1S/C17H24F2N2O3/c1-17(2,3)16(24)20-9-5-8-14(23)21-10-13(22)15-11(18)6-4-7-12(15)19/h4,6-7,13,22H,5,8-10H2,1-3H3,(H,20,24)(H,21,23). The highest BCUT2D eigenvalue weighted by Gasteiger charge is 2.20. The van der Waals surface area contributed by atoms with Crippen molar-refractivity contribution in [1.82, 2.24) is 10.6 Å². The van der Waals surface area contributed by atoms with Crippen molar-refractivity contribution < 1.29 is 23.5 Å². The Morgan fingerprint density at radius 3 is 2.29 bits per heavy atom. The number of aliphatic hydroxyl groups is 1. The first-order valence-electron chi connectivity index (χ1n) is 7.80. The van der Waals surface area contributed by atoms with Gasteiger partial charge in [-0.15, -0.1) is 0 Å². The number of carbonyl (C=O) groups excluding carboxylic acids is 2. The van der Waals surface area contributed by atoms with E-state index in [-0.39, 0.29) is 24.8 Å². The predicted octanol–water partition coefficient (Wildman–Crippen LogP) is 2.06. The van der Waals surface area contributed by atoms with Crippen LogP contribution in [0, 0.1) is 17.0 Å². The average Bonchev–Trinajstić information content (AvgIpc) is 2.48. The molecule has 0 aliphatic heterocycles. The van der Waals surface area contributed by atoms with Gasteiger partial charge in [-0.1, -0.05) is 26.8 Å². The topological polar surface area (TPSA) is 78.4 Å². The molecule has 7 heteroatoms. The molecule has 3 N–H and O–H groups in total. The Bertz CT molecular complexity index is 565. The summed E-state index contributed by atoms with van der Waals surface area (Å²) in [4.78, 5) is 23.3. The molecule has 5 nitrogen and oxygen atoms in total. The fraction of sp³-hybridized carbons (Fsp3) is 0.529. The van der Waals surface area contributed by atoms with Gasteiger partial charge in [0.2, 0.25) is 11.8 Å². The number of halogens is 2. The predicted molar refractivity (Wildman–Crippen MR) is 86.0 cm³/mol. The second-order valence-electron chi connectivity index (χ2n) is 6.56. The summed E-state index contributed by atoms with van der Waals surface area (Å²) < 4.78 is 27.0. The van der Waals surface area contributed by atoms with Crippen LogP contribution in [0.4, 0.5) is 8.78 Å². The van der Waals surface area contributed by atoms with Gasteiger partial charge >= 0.3 is 0 Å². The third kappa shape index (κ3) is 6.23. The normalized spacial score (nSPS) is 12.6. The van der Waals surface area contributed by atoms with E-state index in [1.54, 1.807) is 20.8 Å². The van der Waals surface area contributed by atoms with Crippen molar-refractivity contribution >= 4 is 11.8 Å². The fourth-order valence-electron chi connectivity index (χ4n) is 1.95. The van der Waals surface area contributed by atoms with Crippen LogP contribution in [0.15, 0.2) is 18.2 Å². The lowest BCUT2D eigenvalue weighted by molar-refractivity contribution is -0.128. The molecule has 0 aliphatic rings. The third-order valence-corrected chi connectivity index (χ3v) is 3.37. The number of amides is 2. The molecule has 2 amide bonds. The molecule has 0 saturated carbocycles. The summed E-state index contributed by atoms with van der Waals surface area (Å²) in [6, 6.07) is 3.29. The molecule has 0 bridgehead atoms. The summed E-state index contributed by atoms with van der Waals surface area (Å²) in [5.41, 5.74) is -0.953. The summed E-state index contributed by atoms with van der Waals surface area (Å²) in [6.45, 7) is 5.44. The third-order valence-electron chi connectivity index (χ3n) is 3.37. The summed E-state index contributed by atoms with van der Waals surface area (Å²) in [6.07, 6.45) is -0.898. The summed E-state index contributed by atoms with van der Waals surface area (Å²) in [5.74, 6) is -2.19. The van der Waals surface area contributed by atoms with Gasteiger partial charge in [0.1, 0.15) is 17.7 Å². The van der Waals surface area contributed by atoms with Gasteiger partial charge in [-0.2, -0.15) is 0 Å². The average molecular weight is 342 g/mol. The van der Waals surface area contributed by atoms with Crippen molar-refractivity contribution in [2.24, 2.45) is 5.41 Å². The second-order valence-corrected chi connectivity index (χ2v) is 6.56. The Kier molecular flexibility index (Phi) is 7.28. The molecule has 1 aromatic rings. The minimum absolute atomic E-state index is 0.103. The maximum Gasteiger partial charge on any atom is 0.225 e. The molecular formula is C17H24F2N2O3. The molecule has 0 saturated heterocycles. The second kappa shape index (κ2) is 8.73. The highest BCUT2D eigenvalue weighted by atomic mass is 19.1. The van der Waals surface area contributed by atoms with Gasteiger partial charge in [-0.25, -0.2) is 8.78 Å². The number of hydrogen-bond donors (Lipinski definition) is 3. The number of carbonyl (C=O) groups is 2. The number of benzene rings is 1. The Hall–Kier alpha value is -2.02. The molecule has 1 rings (SSSR count). The number of rotatable bonds is 7. The lowest BCUT2D eigenvalue weighted by Crippen LogP contribution is -2.36. The molecule has 0 radical (unpaired) electrons. The van der Waals surface area contributed by atoms with E-state index < -0.39 is 28.7 Å². The highest BCUT2D eigenvalue weighted by Crippen LogP contribution is 2.19. The number of hydrogen-bond acceptors (Lipinski definition) is 3. The van der Waals surface area contributed by atoms with E-state index in [1.807, 2.05) is 0 Å². The lowest BCUT2D eigenvalue weighted by atomic mass is 9.96. The minimum Gasteiger partial charge on any atom is -0.386 e. The van der Waals surface area contributed by atoms with Crippen molar-refractivity contribution in [2.75, 3.05) is 13.1 Å². The maximum atomic E-state index is 13.5. The van der Waals surface area contributed by atoms with E-state index in [4.69, 9.17) is 0 Å². The zero-order valence-corrected chi connectivity index (χ0v) is 14.2. The summed E-state index contributed by atoms with van der Waals surface area (Å²) in [7, 11) is 0. The van der Waals surface area contributed by atoms with E-state index in [0.29, 0.717) is 13.0 Å². The first-order valence-corrected chi connectivity index (χ1v) is 7.80. The van der Waals surface area contributed by atoms with E-state index in [9.17, 15) is 23.5 Å². The smallest absolute Gasteiger partial charge is 0.225 e. The van der Waals surface area contributed by atoms with E-state index in [2.05, 4.69) is 10.6 Å². The van der Waals surface area contributed by atoms with Gasteiger partial charge in [0.25, 0.3) is 0 Å². The molecular weight excluding hydrogens is 318 g/mol. The Morgan fingerprint density at radius 2 is 1.75 bits per heavy atom. The van der Waals surface area contributed by atoms with E-state index in [1.165, 1.54) is 6.07 Å².